The number of benzene rings is 2. The van der Waals surface area contributed by atoms with E-state index in [2.05, 4.69) is 5.32 Å². The van der Waals surface area contributed by atoms with Crippen molar-refractivity contribution >= 4 is 39.1 Å². The van der Waals surface area contributed by atoms with Crippen molar-refractivity contribution in [2.75, 3.05) is 23.7 Å². The van der Waals surface area contributed by atoms with Gasteiger partial charge in [-0.05, 0) is 49.1 Å². The van der Waals surface area contributed by atoms with Crippen molar-refractivity contribution in [3.8, 4) is 0 Å². The number of halogens is 1. The molecular weight excluding hydrogens is 474 g/mol. The van der Waals surface area contributed by atoms with Gasteiger partial charge in [-0.15, -0.1) is 0 Å². The predicted molar refractivity (Wildman–Crippen MR) is 137 cm³/mol. The van der Waals surface area contributed by atoms with Crippen LogP contribution in [0.2, 0.25) is 5.02 Å². The number of hydrogen-bond acceptors (Lipinski definition) is 4. The Labute approximate surface area is 208 Å². The van der Waals surface area contributed by atoms with Crippen LogP contribution in [0.15, 0.2) is 48.5 Å². The molecule has 9 heteroatoms. The van der Waals surface area contributed by atoms with Gasteiger partial charge in [-0.3, -0.25) is 13.9 Å². The van der Waals surface area contributed by atoms with Crippen LogP contribution in [0, 0.1) is 12.8 Å². The van der Waals surface area contributed by atoms with Crippen LogP contribution in [-0.2, 0) is 26.2 Å². The van der Waals surface area contributed by atoms with E-state index in [9.17, 15) is 18.0 Å². The molecule has 0 saturated heterocycles. The average Bonchev–Trinajstić information content (AvgIpc) is 2.77. The first kappa shape index (κ1) is 27.7. The minimum absolute atomic E-state index is 0.148. The molecule has 0 aliphatic rings. The zero-order chi connectivity index (χ0) is 25.5. The number of carbonyl (C=O) groups excluding carboxylic acids is 2. The number of sulfonamides is 1. The third-order valence-electron chi connectivity index (χ3n) is 5.34. The number of aryl methyl sites for hydroxylation is 1. The average molecular weight is 508 g/mol. The fraction of sp³-hybridized carbons (Fsp3) is 0.440. The summed E-state index contributed by atoms with van der Waals surface area (Å²) in [6.45, 7) is 7.92. The van der Waals surface area contributed by atoms with E-state index >= 15 is 0 Å². The van der Waals surface area contributed by atoms with Gasteiger partial charge in [-0.2, -0.15) is 0 Å². The highest BCUT2D eigenvalue weighted by Gasteiger charge is 2.31. The van der Waals surface area contributed by atoms with Gasteiger partial charge in [0.1, 0.15) is 12.6 Å². The van der Waals surface area contributed by atoms with E-state index < -0.39 is 28.5 Å². The minimum atomic E-state index is -3.74. The Balaban J connectivity index is 2.39. The molecule has 0 saturated carbocycles. The maximum atomic E-state index is 13.6. The monoisotopic (exact) mass is 507 g/mol. The summed E-state index contributed by atoms with van der Waals surface area (Å²) in [4.78, 5) is 28.0. The van der Waals surface area contributed by atoms with Crippen molar-refractivity contribution in [3.05, 3.63) is 64.7 Å². The summed E-state index contributed by atoms with van der Waals surface area (Å²) >= 11 is 6.00. The molecule has 2 aromatic carbocycles. The molecule has 2 rings (SSSR count). The lowest BCUT2D eigenvalue weighted by Crippen LogP contribution is -2.52. The van der Waals surface area contributed by atoms with E-state index in [0.717, 1.165) is 21.7 Å². The predicted octanol–water partition coefficient (Wildman–Crippen LogP) is 3.99. The van der Waals surface area contributed by atoms with E-state index in [0.29, 0.717) is 23.7 Å². The molecule has 0 heterocycles. The number of hydrogen-bond donors (Lipinski definition) is 1. The van der Waals surface area contributed by atoms with Gasteiger partial charge >= 0.3 is 0 Å². The molecule has 1 atom stereocenters. The summed E-state index contributed by atoms with van der Waals surface area (Å²) in [5.41, 5.74) is 2.15. The first-order chi connectivity index (χ1) is 15.9. The lowest BCUT2D eigenvalue weighted by atomic mass is 10.1. The Bertz CT molecular complexity index is 1070. The van der Waals surface area contributed by atoms with Crippen molar-refractivity contribution in [1.29, 1.82) is 0 Å². The number of nitrogens with zero attached hydrogens (tertiary/aromatic N) is 2. The van der Waals surface area contributed by atoms with Gasteiger partial charge < -0.3 is 10.2 Å². The Hall–Kier alpha value is -2.58. The van der Waals surface area contributed by atoms with Gasteiger partial charge in [-0.1, -0.05) is 62.2 Å². The van der Waals surface area contributed by atoms with E-state index in [1.165, 1.54) is 4.90 Å². The summed E-state index contributed by atoms with van der Waals surface area (Å²) in [6, 6.07) is 13.2. The second-order valence-corrected chi connectivity index (χ2v) is 11.2. The third kappa shape index (κ3) is 8.02. The number of nitrogens with one attached hydrogen (secondary N) is 1. The fourth-order valence-corrected chi connectivity index (χ4v) is 4.43. The fourth-order valence-electron chi connectivity index (χ4n) is 3.45. The van der Waals surface area contributed by atoms with Crippen LogP contribution >= 0.6 is 11.6 Å². The van der Waals surface area contributed by atoms with E-state index in [-0.39, 0.29) is 18.4 Å². The number of anilines is 1. The third-order valence-corrected chi connectivity index (χ3v) is 6.73. The molecule has 0 spiro atoms. The molecule has 0 aliphatic carbocycles. The largest absolute Gasteiger partial charge is 0.354 e. The Morgan fingerprint density at radius 1 is 1.03 bits per heavy atom. The molecule has 0 aliphatic heterocycles. The standard InChI is InChI=1S/C25H34ClN3O4S/c1-6-23(25(31)27-15-18(2)3)28(16-20-9-11-21(26)12-10-20)24(30)17-29(34(5,32)33)22-13-7-19(4)8-14-22/h7-14,18,23H,6,15-17H2,1-5H3,(H,27,31). The molecule has 0 aromatic heterocycles. The molecule has 1 N–H and O–H groups in total. The van der Waals surface area contributed by atoms with Crippen LogP contribution in [0.3, 0.4) is 0 Å². The normalized spacial score (nSPS) is 12.3. The molecule has 34 heavy (non-hydrogen) atoms. The molecule has 0 bridgehead atoms. The Morgan fingerprint density at radius 2 is 1.62 bits per heavy atom. The van der Waals surface area contributed by atoms with Gasteiger partial charge in [0.2, 0.25) is 21.8 Å². The second kappa shape index (κ2) is 12.2. The van der Waals surface area contributed by atoms with Crippen LogP contribution in [0.1, 0.15) is 38.3 Å². The molecule has 2 aromatic rings. The van der Waals surface area contributed by atoms with Gasteiger partial charge in [0.15, 0.2) is 0 Å². The first-order valence-electron chi connectivity index (χ1n) is 11.3. The quantitative estimate of drug-likeness (QED) is 0.498. The van der Waals surface area contributed by atoms with Gasteiger partial charge in [0.05, 0.1) is 11.9 Å². The molecule has 7 nitrogen and oxygen atoms in total. The zero-order valence-corrected chi connectivity index (χ0v) is 22.0. The Kier molecular flexibility index (Phi) is 9.94. The van der Waals surface area contributed by atoms with E-state index in [4.69, 9.17) is 11.6 Å². The lowest BCUT2D eigenvalue weighted by Gasteiger charge is -2.33. The van der Waals surface area contributed by atoms with Gasteiger partial charge in [-0.25, -0.2) is 8.42 Å². The highest BCUT2D eigenvalue weighted by molar-refractivity contribution is 7.92. The number of rotatable bonds is 11. The van der Waals surface area contributed by atoms with Crippen LogP contribution in [0.4, 0.5) is 5.69 Å². The van der Waals surface area contributed by atoms with Crippen LogP contribution < -0.4 is 9.62 Å². The SMILES string of the molecule is CCC(C(=O)NCC(C)C)N(Cc1ccc(Cl)cc1)C(=O)CN(c1ccc(C)cc1)S(C)(=O)=O. The summed E-state index contributed by atoms with van der Waals surface area (Å²) in [5, 5.41) is 3.46. The molecule has 0 radical (unpaired) electrons. The highest BCUT2D eigenvalue weighted by Crippen LogP contribution is 2.21. The molecular formula is C25H34ClN3O4S. The minimum Gasteiger partial charge on any atom is -0.354 e. The van der Waals surface area contributed by atoms with Crippen molar-refractivity contribution in [2.45, 2.75) is 46.7 Å². The highest BCUT2D eigenvalue weighted by atomic mass is 35.5. The second-order valence-electron chi connectivity index (χ2n) is 8.82. The van der Waals surface area contributed by atoms with Crippen molar-refractivity contribution in [2.24, 2.45) is 5.92 Å². The van der Waals surface area contributed by atoms with Gasteiger partial charge in [0.25, 0.3) is 0 Å². The zero-order valence-electron chi connectivity index (χ0n) is 20.4. The van der Waals surface area contributed by atoms with Crippen molar-refractivity contribution < 1.29 is 18.0 Å². The van der Waals surface area contributed by atoms with Crippen molar-refractivity contribution in [3.63, 3.8) is 0 Å². The molecule has 2 amide bonds. The Morgan fingerprint density at radius 3 is 2.12 bits per heavy atom. The van der Waals surface area contributed by atoms with E-state index in [1.54, 1.807) is 48.5 Å². The number of amides is 2. The van der Waals surface area contributed by atoms with Crippen LogP contribution in [0.5, 0.6) is 0 Å². The molecule has 186 valence electrons. The topological polar surface area (TPSA) is 86.8 Å². The first-order valence-corrected chi connectivity index (χ1v) is 13.5. The summed E-state index contributed by atoms with van der Waals surface area (Å²) in [6.07, 6.45) is 1.45. The molecule has 1 unspecified atom stereocenters. The smallest absolute Gasteiger partial charge is 0.244 e. The van der Waals surface area contributed by atoms with Crippen molar-refractivity contribution in [1.82, 2.24) is 10.2 Å². The summed E-state index contributed by atoms with van der Waals surface area (Å²) in [7, 11) is -3.74. The van der Waals surface area contributed by atoms with E-state index in [1.807, 2.05) is 27.7 Å². The van der Waals surface area contributed by atoms with Gasteiger partial charge in [0, 0.05) is 18.1 Å². The lowest BCUT2D eigenvalue weighted by molar-refractivity contribution is -0.140. The van der Waals surface area contributed by atoms with Crippen LogP contribution in [-0.4, -0.2) is 50.5 Å². The maximum Gasteiger partial charge on any atom is 0.244 e. The summed E-state index contributed by atoms with van der Waals surface area (Å²) < 4.78 is 26.2. The summed E-state index contributed by atoms with van der Waals surface area (Å²) in [5.74, 6) is -0.476. The van der Waals surface area contributed by atoms with Crippen LogP contribution in [0.25, 0.3) is 0 Å². The number of carbonyl (C=O) groups is 2. The molecule has 0 fully saturated rings. The maximum absolute atomic E-state index is 13.6.